The molecule has 0 aliphatic carbocycles. The van der Waals surface area contributed by atoms with Crippen LogP contribution in [0.2, 0.25) is 19.6 Å². The fourth-order valence-corrected chi connectivity index (χ4v) is 2.26. The lowest BCUT2D eigenvalue weighted by Crippen LogP contribution is -2.32. The maximum atomic E-state index is 11.8. The van der Waals surface area contributed by atoms with E-state index in [1.807, 2.05) is 25.7 Å². The minimum absolute atomic E-state index is 0.0905. The van der Waals surface area contributed by atoms with Gasteiger partial charge >= 0.3 is 0 Å². The van der Waals surface area contributed by atoms with Crippen molar-refractivity contribution in [3.8, 4) is 5.75 Å². The van der Waals surface area contributed by atoms with Gasteiger partial charge in [-0.05, 0) is 32.5 Å². The van der Waals surface area contributed by atoms with Crippen LogP contribution in [0.1, 0.15) is 18.6 Å². The van der Waals surface area contributed by atoms with Gasteiger partial charge in [0.15, 0.2) is 5.75 Å². The molecule has 0 aliphatic heterocycles. The van der Waals surface area contributed by atoms with Gasteiger partial charge in [0.25, 0.3) is 0 Å². The lowest BCUT2D eigenvalue weighted by atomic mass is 10.2. The van der Waals surface area contributed by atoms with E-state index in [2.05, 4.69) is 6.58 Å². The van der Waals surface area contributed by atoms with E-state index in [0.29, 0.717) is 17.9 Å². The molecule has 0 saturated carbocycles. The van der Waals surface area contributed by atoms with Crippen LogP contribution in [0.4, 0.5) is 0 Å². The molecule has 0 aliphatic rings. The minimum atomic E-state index is -1.79. The summed E-state index contributed by atoms with van der Waals surface area (Å²) < 4.78 is 11.2. The third-order valence-electron chi connectivity index (χ3n) is 2.13. The van der Waals surface area contributed by atoms with E-state index in [0.717, 1.165) is 12.8 Å². The van der Waals surface area contributed by atoms with Crippen LogP contribution in [0, 0.1) is 0 Å². The van der Waals surface area contributed by atoms with Crippen molar-refractivity contribution >= 4 is 8.32 Å². The molecular weight excluding hydrogens is 232 g/mol. The summed E-state index contributed by atoms with van der Waals surface area (Å²) in [7, 11) is -1.79. The van der Waals surface area contributed by atoms with Crippen LogP contribution in [0.3, 0.4) is 0 Å². The standard InChI is InChI=1S/C13H20O3Si/c1-5-6-7-8-12-13(16-17(2,3)4)11(14)9-10-15-12/h5,9-10H,1,6-8H2,2-4H3. The van der Waals surface area contributed by atoms with E-state index >= 15 is 0 Å². The molecule has 0 aromatic carbocycles. The molecule has 94 valence electrons. The first-order chi connectivity index (χ1) is 7.94. The molecular formula is C13H20O3Si. The first-order valence-electron chi connectivity index (χ1n) is 5.84. The molecule has 0 atom stereocenters. The molecule has 0 spiro atoms. The summed E-state index contributed by atoms with van der Waals surface area (Å²) in [5, 5.41) is 0. The molecule has 0 N–H and O–H groups in total. The van der Waals surface area contributed by atoms with Crippen LogP contribution < -0.4 is 9.85 Å². The smallest absolute Gasteiger partial charge is 0.242 e. The Kier molecular flexibility index (Phi) is 4.75. The molecule has 0 unspecified atom stereocenters. The summed E-state index contributed by atoms with van der Waals surface area (Å²) in [6, 6.07) is 1.41. The Balaban J connectivity index is 2.92. The Hall–Kier alpha value is -1.29. The summed E-state index contributed by atoms with van der Waals surface area (Å²) >= 11 is 0. The Bertz CT molecular complexity index is 429. The number of aryl methyl sites for hydroxylation is 1. The average Bonchev–Trinajstić information content (AvgIpc) is 2.21. The highest BCUT2D eigenvalue weighted by atomic mass is 28.4. The van der Waals surface area contributed by atoms with Crippen LogP contribution in [0.15, 0.2) is 34.2 Å². The second kappa shape index (κ2) is 5.86. The van der Waals surface area contributed by atoms with Gasteiger partial charge in [-0.1, -0.05) is 6.08 Å². The molecule has 1 heterocycles. The van der Waals surface area contributed by atoms with Gasteiger partial charge in [0.05, 0.1) is 6.26 Å². The predicted octanol–water partition coefficient (Wildman–Crippen LogP) is 3.36. The topological polar surface area (TPSA) is 39.4 Å². The highest BCUT2D eigenvalue weighted by Crippen LogP contribution is 2.19. The summed E-state index contributed by atoms with van der Waals surface area (Å²) in [4.78, 5) is 11.8. The van der Waals surface area contributed by atoms with Crippen LogP contribution >= 0.6 is 0 Å². The maximum Gasteiger partial charge on any atom is 0.242 e. The second-order valence-electron chi connectivity index (χ2n) is 4.93. The largest absolute Gasteiger partial charge is 0.539 e. The van der Waals surface area contributed by atoms with Crippen molar-refractivity contribution < 1.29 is 8.84 Å². The molecule has 0 saturated heterocycles. The third kappa shape index (κ3) is 4.61. The molecule has 17 heavy (non-hydrogen) atoms. The SMILES string of the molecule is C=CCCCc1occc(=O)c1O[Si](C)(C)C. The lowest BCUT2D eigenvalue weighted by Gasteiger charge is -2.19. The van der Waals surface area contributed by atoms with E-state index in [-0.39, 0.29) is 5.43 Å². The zero-order valence-electron chi connectivity index (χ0n) is 10.8. The minimum Gasteiger partial charge on any atom is -0.539 e. The lowest BCUT2D eigenvalue weighted by molar-refractivity contribution is 0.434. The van der Waals surface area contributed by atoms with Gasteiger partial charge in [0.2, 0.25) is 13.7 Å². The Morgan fingerprint density at radius 2 is 2.18 bits per heavy atom. The fraction of sp³-hybridized carbons (Fsp3) is 0.462. The van der Waals surface area contributed by atoms with E-state index < -0.39 is 8.32 Å². The van der Waals surface area contributed by atoms with Crippen molar-refractivity contribution in [1.82, 2.24) is 0 Å². The fourth-order valence-electron chi connectivity index (χ4n) is 1.44. The molecule has 1 rings (SSSR count). The molecule has 0 radical (unpaired) electrons. The van der Waals surface area contributed by atoms with E-state index in [4.69, 9.17) is 8.84 Å². The Morgan fingerprint density at radius 1 is 1.47 bits per heavy atom. The Morgan fingerprint density at radius 3 is 2.76 bits per heavy atom. The molecule has 0 fully saturated rings. The first-order valence-corrected chi connectivity index (χ1v) is 9.25. The van der Waals surface area contributed by atoms with Crippen molar-refractivity contribution in [2.75, 3.05) is 0 Å². The maximum absolute atomic E-state index is 11.8. The van der Waals surface area contributed by atoms with Gasteiger partial charge in [-0.15, -0.1) is 6.58 Å². The number of hydrogen-bond donors (Lipinski definition) is 0. The van der Waals surface area contributed by atoms with Gasteiger partial charge < -0.3 is 8.84 Å². The molecule has 0 amide bonds. The number of allylic oxidation sites excluding steroid dienone is 1. The second-order valence-corrected chi connectivity index (χ2v) is 9.36. The van der Waals surface area contributed by atoms with Crippen molar-refractivity contribution in [3.63, 3.8) is 0 Å². The van der Waals surface area contributed by atoms with Gasteiger partial charge in [-0.25, -0.2) is 0 Å². The van der Waals surface area contributed by atoms with Crippen LogP contribution in [0.5, 0.6) is 5.75 Å². The van der Waals surface area contributed by atoms with Gasteiger partial charge in [0, 0.05) is 12.5 Å². The first kappa shape index (κ1) is 13.8. The van der Waals surface area contributed by atoms with Crippen LogP contribution in [0.25, 0.3) is 0 Å². The van der Waals surface area contributed by atoms with Crippen LogP contribution in [-0.4, -0.2) is 8.32 Å². The highest BCUT2D eigenvalue weighted by Gasteiger charge is 2.21. The van der Waals surface area contributed by atoms with Crippen LogP contribution in [-0.2, 0) is 6.42 Å². The zero-order valence-corrected chi connectivity index (χ0v) is 11.8. The predicted molar refractivity (Wildman–Crippen MR) is 72.1 cm³/mol. The molecule has 0 bridgehead atoms. The van der Waals surface area contributed by atoms with Gasteiger partial charge in [-0.3, -0.25) is 4.79 Å². The highest BCUT2D eigenvalue weighted by molar-refractivity contribution is 6.70. The quantitative estimate of drug-likeness (QED) is 0.443. The van der Waals surface area contributed by atoms with Gasteiger partial charge in [0.1, 0.15) is 5.76 Å². The van der Waals surface area contributed by atoms with Crippen molar-refractivity contribution in [1.29, 1.82) is 0 Å². The molecule has 1 aromatic heterocycles. The van der Waals surface area contributed by atoms with E-state index in [1.54, 1.807) is 0 Å². The number of hydrogen-bond acceptors (Lipinski definition) is 3. The normalized spacial score (nSPS) is 11.2. The zero-order chi connectivity index (χ0) is 12.9. The van der Waals surface area contributed by atoms with Gasteiger partial charge in [-0.2, -0.15) is 0 Å². The summed E-state index contributed by atoms with van der Waals surface area (Å²) in [6.45, 7) is 9.82. The Labute approximate surface area is 103 Å². The molecule has 4 heteroatoms. The third-order valence-corrected chi connectivity index (χ3v) is 2.94. The molecule has 1 aromatic rings. The van der Waals surface area contributed by atoms with E-state index in [1.165, 1.54) is 12.3 Å². The summed E-state index contributed by atoms with van der Waals surface area (Å²) in [5.41, 5.74) is -0.0905. The summed E-state index contributed by atoms with van der Waals surface area (Å²) in [6.07, 6.45) is 5.83. The number of rotatable bonds is 6. The monoisotopic (exact) mass is 252 g/mol. The molecule has 3 nitrogen and oxygen atoms in total. The van der Waals surface area contributed by atoms with Crippen molar-refractivity contribution in [3.05, 3.63) is 41.0 Å². The average molecular weight is 252 g/mol. The summed E-state index contributed by atoms with van der Waals surface area (Å²) in [5.74, 6) is 1.05. The van der Waals surface area contributed by atoms with E-state index in [9.17, 15) is 4.79 Å². The van der Waals surface area contributed by atoms with Crippen molar-refractivity contribution in [2.24, 2.45) is 0 Å². The number of unbranched alkanes of at least 4 members (excludes halogenated alkanes) is 1. The van der Waals surface area contributed by atoms with Crippen molar-refractivity contribution in [2.45, 2.75) is 38.9 Å².